The molecule has 0 unspecified atom stereocenters. The molecule has 9 heteroatoms. The summed E-state index contributed by atoms with van der Waals surface area (Å²) in [5.74, 6) is 0.927. The highest BCUT2D eigenvalue weighted by Crippen LogP contribution is 2.26. The van der Waals surface area contributed by atoms with E-state index in [1.807, 2.05) is 0 Å². The summed E-state index contributed by atoms with van der Waals surface area (Å²) >= 11 is 6.07. The smallest absolute Gasteiger partial charge is 0.249 e. The third-order valence-electron chi connectivity index (χ3n) is 3.35. The first-order valence-electron chi connectivity index (χ1n) is 7.20. The van der Waals surface area contributed by atoms with Gasteiger partial charge in [-0.2, -0.15) is 0 Å². The molecular formula is C16H14ClN3O4S. The minimum Gasteiger partial charge on any atom is -0.497 e. The molecule has 0 aliphatic carbocycles. The first-order valence-corrected chi connectivity index (χ1v) is 9.07. The molecule has 0 saturated carbocycles. The van der Waals surface area contributed by atoms with E-state index in [0.29, 0.717) is 16.3 Å². The summed E-state index contributed by atoms with van der Waals surface area (Å²) in [6.45, 7) is -0.133. The number of hydrogen-bond acceptors (Lipinski definition) is 6. The van der Waals surface area contributed by atoms with Gasteiger partial charge in [0.25, 0.3) is 0 Å². The van der Waals surface area contributed by atoms with Crippen LogP contribution in [0, 0.1) is 0 Å². The van der Waals surface area contributed by atoms with Gasteiger partial charge in [0.2, 0.25) is 21.8 Å². The van der Waals surface area contributed by atoms with E-state index in [2.05, 4.69) is 14.9 Å². The molecule has 3 aromatic rings. The summed E-state index contributed by atoms with van der Waals surface area (Å²) in [4.78, 5) is 0.110. The number of nitrogens with one attached hydrogen (secondary N) is 1. The fourth-order valence-corrected chi connectivity index (χ4v) is 3.25. The number of methoxy groups -OCH3 is 1. The van der Waals surface area contributed by atoms with Gasteiger partial charge in [0.05, 0.1) is 29.1 Å². The van der Waals surface area contributed by atoms with Crippen molar-refractivity contribution < 1.29 is 17.6 Å². The number of hydrogen-bond donors (Lipinski definition) is 1. The van der Waals surface area contributed by atoms with Crippen LogP contribution in [0.4, 0.5) is 0 Å². The SMILES string of the molecule is COc1ccc(S(=O)(=O)NCc2nnc(-c3ccccc3Cl)o2)cc1. The van der Waals surface area contributed by atoms with Crippen molar-refractivity contribution in [3.8, 4) is 17.2 Å². The van der Waals surface area contributed by atoms with Gasteiger partial charge >= 0.3 is 0 Å². The molecule has 3 rings (SSSR count). The van der Waals surface area contributed by atoms with Crippen molar-refractivity contribution in [3.05, 3.63) is 59.4 Å². The normalized spacial score (nSPS) is 11.4. The Labute approximate surface area is 149 Å². The molecule has 2 aromatic carbocycles. The largest absolute Gasteiger partial charge is 0.497 e. The number of benzene rings is 2. The van der Waals surface area contributed by atoms with Gasteiger partial charge in [-0.3, -0.25) is 0 Å². The van der Waals surface area contributed by atoms with Gasteiger partial charge in [-0.25, -0.2) is 13.1 Å². The van der Waals surface area contributed by atoms with Crippen molar-refractivity contribution in [2.75, 3.05) is 7.11 Å². The van der Waals surface area contributed by atoms with Crippen LogP contribution in [-0.2, 0) is 16.6 Å². The lowest BCUT2D eigenvalue weighted by Gasteiger charge is -2.05. The molecular weight excluding hydrogens is 366 g/mol. The number of sulfonamides is 1. The Morgan fingerprint density at radius 2 is 1.84 bits per heavy atom. The molecule has 7 nitrogen and oxygen atoms in total. The summed E-state index contributed by atoms with van der Waals surface area (Å²) in [6, 6.07) is 13.0. The Kier molecular flexibility index (Phi) is 5.03. The average molecular weight is 380 g/mol. The van der Waals surface area contributed by atoms with Crippen molar-refractivity contribution in [2.24, 2.45) is 0 Å². The van der Waals surface area contributed by atoms with E-state index in [4.69, 9.17) is 20.8 Å². The van der Waals surface area contributed by atoms with Crippen molar-refractivity contribution in [2.45, 2.75) is 11.4 Å². The van der Waals surface area contributed by atoms with Crippen molar-refractivity contribution in [3.63, 3.8) is 0 Å². The van der Waals surface area contributed by atoms with Crippen LogP contribution >= 0.6 is 11.6 Å². The average Bonchev–Trinajstić information content (AvgIpc) is 3.09. The Balaban J connectivity index is 1.72. The predicted octanol–water partition coefficient (Wildman–Crippen LogP) is 2.88. The number of halogens is 1. The Hall–Kier alpha value is -2.42. The van der Waals surface area contributed by atoms with E-state index in [9.17, 15) is 8.42 Å². The highest BCUT2D eigenvalue weighted by molar-refractivity contribution is 7.89. The minimum atomic E-state index is -3.71. The first-order chi connectivity index (χ1) is 12.0. The van der Waals surface area contributed by atoms with Crippen LogP contribution in [0.25, 0.3) is 11.5 Å². The highest BCUT2D eigenvalue weighted by Gasteiger charge is 2.17. The number of nitrogens with zero attached hydrogens (tertiary/aromatic N) is 2. The molecule has 0 saturated heterocycles. The number of rotatable bonds is 6. The second-order valence-electron chi connectivity index (χ2n) is 4.98. The fourth-order valence-electron chi connectivity index (χ4n) is 2.06. The van der Waals surface area contributed by atoms with Crippen LogP contribution in [0.5, 0.6) is 5.75 Å². The summed E-state index contributed by atoms with van der Waals surface area (Å²) < 4.78 is 37.4. The Morgan fingerprint density at radius 1 is 1.12 bits per heavy atom. The maximum atomic E-state index is 12.3. The molecule has 130 valence electrons. The topological polar surface area (TPSA) is 94.3 Å². The molecule has 0 aliphatic rings. The lowest BCUT2D eigenvalue weighted by atomic mass is 10.2. The van der Waals surface area contributed by atoms with Gasteiger partial charge in [0.1, 0.15) is 5.75 Å². The Bertz CT molecular complexity index is 971. The van der Waals surface area contributed by atoms with E-state index in [-0.39, 0.29) is 23.2 Å². The molecule has 0 aliphatic heterocycles. The molecule has 0 bridgehead atoms. The third kappa shape index (κ3) is 3.98. The lowest BCUT2D eigenvalue weighted by molar-refractivity contribution is 0.414. The standard InChI is InChI=1S/C16H14ClN3O4S/c1-23-11-6-8-12(9-7-11)25(21,22)18-10-15-19-20-16(24-15)13-4-2-3-5-14(13)17/h2-9,18H,10H2,1H3. The van der Waals surface area contributed by atoms with Crippen molar-refractivity contribution >= 4 is 21.6 Å². The maximum absolute atomic E-state index is 12.3. The van der Waals surface area contributed by atoms with E-state index < -0.39 is 10.0 Å². The highest BCUT2D eigenvalue weighted by atomic mass is 35.5. The van der Waals surface area contributed by atoms with Gasteiger partial charge in [0, 0.05) is 0 Å². The van der Waals surface area contributed by atoms with E-state index in [1.165, 1.54) is 19.2 Å². The summed E-state index contributed by atoms with van der Waals surface area (Å²) in [5, 5.41) is 8.20. The second-order valence-corrected chi connectivity index (χ2v) is 7.16. The van der Waals surface area contributed by atoms with Gasteiger partial charge in [-0.05, 0) is 36.4 Å². The molecule has 0 amide bonds. The van der Waals surface area contributed by atoms with Crippen molar-refractivity contribution in [1.82, 2.24) is 14.9 Å². The molecule has 0 spiro atoms. The van der Waals surface area contributed by atoms with Crippen molar-refractivity contribution in [1.29, 1.82) is 0 Å². The molecule has 0 fully saturated rings. The summed E-state index contributed by atoms with van der Waals surface area (Å²) in [5.41, 5.74) is 0.584. The van der Waals surface area contributed by atoms with Crippen LogP contribution in [0.3, 0.4) is 0 Å². The third-order valence-corrected chi connectivity index (χ3v) is 5.10. The van der Waals surface area contributed by atoms with Crippen LogP contribution in [0.2, 0.25) is 5.02 Å². The zero-order chi connectivity index (χ0) is 17.9. The summed E-state index contributed by atoms with van der Waals surface area (Å²) in [7, 11) is -2.20. The van der Waals surface area contributed by atoms with Crippen LogP contribution in [-0.4, -0.2) is 25.7 Å². The molecule has 25 heavy (non-hydrogen) atoms. The first kappa shape index (κ1) is 17.4. The van der Waals surface area contributed by atoms with Gasteiger partial charge in [-0.1, -0.05) is 23.7 Å². The van der Waals surface area contributed by atoms with E-state index in [1.54, 1.807) is 36.4 Å². The minimum absolute atomic E-state index is 0.110. The molecule has 0 atom stereocenters. The fraction of sp³-hybridized carbons (Fsp3) is 0.125. The van der Waals surface area contributed by atoms with E-state index in [0.717, 1.165) is 0 Å². The predicted molar refractivity (Wildman–Crippen MR) is 91.8 cm³/mol. The molecule has 1 aromatic heterocycles. The molecule has 1 N–H and O–H groups in total. The maximum Gasteiger partial charge on any atom is 0.249 e. The summed E-state index contributed by atoms with van der Waals surface area (Å²) in [6.07, 6.45) is 0. The zero-order valence-electron chi connectivity index (χ0n) is 13.1. The number of aromatic nitrogens is 2. The van der Waals surface area contributed by atoms with Gasteiger partial charge in [-0.15, -0.1) is 10.2 Å². The monoisotopic (exact) mass is 379 g/mol. The van der Waals surface area contributed by atoms with Crippen LogP contribution < -0.4 is 9.46 Å². The van der Waals surface area contributed by atoms with Crippen LogP contribution in [0.15, 0.2) is 57.8 Å². The van der Waals surface area contributed by atoms with Crippen LogP contribution in [0.1, 0.15) is 5.89 Å². The van der Waals surface area contributed by atoms with Gasteiger partial charge in [0.15, 0.2) is 0 Å². The Morgan fingerprint density at radius 3 is 2.52 bits per heavy atom. The quantitative estimate of drug-likeness (QED) is 0.707. The molecule has 1 heterocycles. The van der Waals surface area contributed by atoms with Gasteiger partial charge < -0.3 is 9.15 Å². The number of ether oxygens (including phenoxy) is 1. The lowest BCUT2D eigenvalue weighted by Crippen LogP contribution is -2.23. The van der Waals surface area contributed by atoms with E-state index >= 15 is 0 Å². The second kappa shape index (κ2) is 7.22. The zero-order valence-corrected chi connectivity index (χ0v) is 14.7. The molecule has 0 radical (unpaired) electrons.